The highest BCUT2D eigenvalue weighted by Gasteiger charge is 2.18. The molecule has 2 N–H and O–H groups in total. The standard InChI is InChI=1S/C16H16N2O2S/c1-2-8-19-12-6-3-5-11(10-12)15-14(16(17)18-20-15)13-7-4-9-21-13/h3-7,9-10H,2,8H2,1H3,(H2,17,18). The van der Waals surface area contributed by atoms with Crippen LogP contribution in [0.3, 0.4) is 0 Å². The van der Waals surface area contributed by atoms with Crippen LogP contribution in [0.1, 0.15) is 13.3 Å². The number of benzene rings is 1. The third kappa shape index (κ3) is 2.78. The molecule has 5 heteroatoms. The van der Waals surface area contributed by atoms with Crippen molar-refractivity contribution in [3.8, 4) is 27.5 Å². The van der Waals surface area contributed by atoms with Crippen molar-refractivity contribution in [3.05, 3.63) is 41.8 Å². The van der Waals surface area contributed by atoms with Crippen LogP contribution in [0.5, 0.6) is 5.75 Å². The predicted molar refractivity (Wildman–Crippen MR) is 85.5 cm³/mol. The van der Waals surface area contributed by atoms with Gasteiger partial charge in [0.15, 0.2) is 11.6 Å². The first-order valence-electron chi connectivity index (χ1n) is 6.82. The fourth-order valence-electron chi connectivity index (χ4n) is 2.11. The van der Waals surface area contributed by atoms with Crippen molar-refractivity contribution in [2.45, 2.75) is 13.3 Å². The summed E-state index contributed by atoms with van der Waals surface area (Å²) in [5.41, 5.74) is 7.72. The van der Waals surface area contributed by atoms with Crippen molar-refractivity contribution in [2.24, 2.45) is 0 Å². The average Bonchev–Trinajstić information content (AvgIpc) is 3.14. The van der Waals surface area contributed by atoms with Crippen LogP contribution in [-0.2, 0) is 0 Å². The maximum absolute atomic E-state index is 5.96. The Kier molecular flexibility index (Phi) is 3.92. The third-order valence-corrected chi connectivity index (χ3v) is 3.94. The molecule has 4 nitrogen and oxygen atoms in total. The lowest BCUT2D eigenvalue weighted by Crippen LogP contribution is -1.94. The van der Waals surface area contributed by atoms with E-state index in [2.05, 4.69) is 12.1 Å². The van der Waals surface area contributed by atoms with Gasteiger partial charge in [-0.2, -0.15) is 0 Å². The minimum absolute atomic E-state index is 0.410. The van der Waals surface area contributed by atoms with Crippen LogP contribution in [0, 0.1) is 0 Å². The number of nitrogens with zero attached hydrogens (tertiary/aromatic N) is 1. The van der Waals surface area contributed by atoms with E-state index in [4.69, 9.17) is 15.0 Å². The van der Waals surface area contributed by atoms with Gasteiger partial charge in [0.2, 0.25) is 0 Å². The summed E-state index contributed by atoms with van der Waals surface area (Å²) >= 11 is 1.61. The minimum Gasteiger partial charge on any atom is -0.494 e. The fraction of sp³-hybridized carbons (Fsp3) is 0.188. The summed E-state index contributed by atoms with van der Waals surface area (Å²) in [4.78, 5) is 1.05. The third-order valence-electron chi connectivity index (χ3n) is 3.06. The van der Waals surface area contributed by atoms with Crippen molar-refractivity contribution in [3.63, 3.8) is 0 Å². The fourth-order valence-corrected chi connectivity index (χ4v) is 2.88. The van der Waals surface area contributed by atoms with Crippen molar-refractivity contribution in [1.29, 1.82) is 0 Å². The number of nitrogen functional groups attached to an aromatic ring is 1. The van der Waals surface area contributed by atoms with Crippen LogP contribution >= 0.6 is 11.3 Å². The van der Waals surface area contributed by atoms with Gasteiger partial charge < -0.3 is 15.0 Å². The molecule has 0 saturated heterocycles. The summed E-state index contributed by atoms with van der Waals surface area (Å²) in [6.07, 6.45) is 0.972. The molecule has 3 aromatic rings. The second-order valence-electron chi connectivity index (χ2n) is 4.63. The molecule has 0 radical (unpaired) electrons. The smallest absolute Gasteiger partial charge is 0.177 e. The molecule has 0 aliphatic rings. The topological polar surface area (TPSA) is 61.3 Å². The predicted octanol–water partition coefficient (Wildman–Crippen LogP) is 4.44. The number of ether oxygens (including phenoxy) is 1. The normalized spacial score (nSPS) is 10.7. The van der Waals surface area contributed by atoms with E-state index < -0.39 is 0 Å². The van der Waals surface area contributed by atoms with Crippen LogP contribution in [0.15, 0.2) is 46.3 Å². The number of anilines is 1. The van der Waals surface area contributed by atoms with Crippen molar-refractivity contribution < 1.29 is 9.26 Å². The molecule has 0 fully saturated rings. The molecule has 0 amide bonds. The molecule has 108 valence electrons. The summed E-state index contributed by atoms with van der Waals surface area (Å²) in [6.45, 7) is 2.77. The van der Waals surface area contributed by atoms with Crippen LogP contribution in [0.2, 0.25) is 0 Å². The second kappa shape index (κ2) is 6.01. The summed E-state index contributed by atoms with van der Waals surface area (Å²) in [6, 6.07) is 11.8. The number of thiophene rings is 1. The Morgan fingerprint density at radius 1 is 1.29 bits per heavy atom. The number of hydrogen-bond acceptors (Lipinski definition) is 5. The van der Waals surface area contributed by atoms with Crippen molar-refractivity contribution >= 4 is 17.2 Å². The van der Waals surface area contributed by atoms with E-state index in [9.17, 15) is 0 Å². The summed E-state index contributed by atoms with van der Waals surface area (Å²) < 4.78 is 11.1. The van der Waals surface area contributed by atoms with Gasteiger partial charge in [-0.3, -0.25) is 0 Å². The zero-order chi connectivity index (χ0) is 14.7. The van der Waals surface area contributed by atoms with E-state index >= 15 is 0 Å². The molecule has 0 unspecified atom stereocenters. The Morgan fingerprint density at radius 3 is 2.95 bits per heavy atom. The van der Waals surface area contributed by atoms with Gasteiger partial charge in [0.05, 0.1) is 12.2 Å². The molecule has 0 aliphatic heterocycles. The van der Waals surface area contributed by atoms with Crippen LogP contribution < -0.4 is 10.5 Å². The van der Waals surface area contributed by atoms with Gasteiger partial charge in [-0.25, -0.2) is 0 Å². The Balaban J connectivity index is 2.01. The SMILES string of the molecule is CCCOc1cccc(-c2onc(N)c2-c2cccs2)c1. The molecule has 0 bridgehead atoms. The van der Waals surface area contributed by atoms with Gasteiger partial charge in [-0.1, -0.05) is 30.3 Å². The first-order chi connectivity index (χ1) is 10.3. The van der Waals surface area contributed by atoms with Crippen LogP contribution in [0.4, 0.5) is 5.82 Å². The molecule has 3 rings (SSSR count). The molecule has 2 aromatic heterocycles. The quantitative estimate of drug-likeness (QED) is 0.756. The van der Waals surface area contributed by atoms with E-state index in [1.54, 1.807) is 11.3 Å². The van der Waals surface area contributed by atoms with Gasteiger partial charge in [0, 0.05) is 10.4 Å². The average molecular weight is 300 g/mol. The van der Waals surface area contributed by atoms with E-state index in [1.165, 1.54) is 0 Å². The second-order valence-corrected chi connectivity index (χ2v) is 5.57. The highest BCUT2D eigenvalue weighted by molar-refractivity contribution is 7.13. The van der Waals surface area contributed by atoms with Gasteiger partial charge in [0.25, 0.3) is 0 Å². The maximum atomic E-state index is 5.96. The van der Waals surface area contributed by atoms with E-state index in [0.717, 1.165) is 28.2 Å². The van der Waals surface area contributed by atoms with Gasteiger partial charge in [-0.05, 0) is 30.0 Å². The molecule has 0 saturated carbocycles. The lowest BCUT2D eigenvalue weighted by Gasteiger charge is -2.06. The minimum atomic E-state index is 0.410. The largest absolute Gasteiger partial charge is 0.494 e. The van der Waals surface area contributed by atoms with Gasteiger partial charge in [-0.15, -0.1) is 11.3 Å². The molecule has 0 spiro atoms. The van der Waals surface area contributed by atoms with Gasteiger partial charge >= 0.3 is 0 Å². The van der Waals surface area contributed by atoms with Crippen LogP contribution in [-0.4, -0.2) is 11.8 Å². The summed E-state index contributed by atoms with van der Waals surface area (Å²) in [7, 11) is 0. The van der Waals surface area contributed by atoms with Crippen molar-refractivity contribution in [1.82, 2.24) is 5.16 Å². The molecule has 1 aromatic carbocycles. The van der Waals surface area contributed by atoms with Crippen LogP contribution in [0.25, 0.3) is 21.8 Å². The zero-order valence-electron chi connectivity index (χ0n) is 11.7. The lowest BCUT2D eigenvalue weighted by molar-refractivity contribution is 0.317. The van der Waals surface area contributed by atoms with Crippen molar-refractivity contribution in [2.75, 3.05) is 12.3 Å². The molecule has 0 atom stereocenters. The number of rotatable bonds is 5. The molecule has 2 heterocycles. The zero-order valence-corrected chi connectivity index (χ0v) is 12.5. The molecular weight excluding hydrogens is 284 g/mol. The number of hydrogen-bond donors (Lipinski definition) is 1. The molecular formula is C16H16N2O2S. The Labute approximate surface area is 127 Å². The van der Waals surface area contributed by atoms with E-state index in [-0.39, 0.29) is 0 Å². The molecule has 0 aliphatic carbocycles. The monoisotopic (exact) mass is 300 g/mol. The lowest BCUT2D eigenvalue weighted by atomic mass is 10.1. The highest BCUT2D eigenvalue weighted by atomic mass is 32.1. The summed E-state index contributed by atoms with van der Waals surface area (Å²) in [5, 5.41) is 5.92. The first-order valence-corrected chi connectivity index (χ1v) is 7.70. The van der Waals surface area contributed by atoms with Gasteiger partial charge in [0.1, 0.15) is 5.75 Å². The summed E-state index contributed by atoms with van der Waals surface area (Å²) in [5.74, 6) is 1.91. The molecule has 21 heavy (non-hydrogen) atoms. The Bertz CT molecular complexity index is 720. The Hall–Kier alpha value is -2.27. The number of nitrogens with two attached hydrogens (primary N) is 1. The Morgan fingerprint density at radius 2 is 2.19 bits per heavy atom. The highest BCUT2D eigenvalue weighted by Crippen LogP contribution is 2.39. The number of aromatic nitrogens is 1. The first kappa shape index (κ1) is 13.7. The maximum Gasteiger partial charge on any atom is 0.177 e. The van der Waals surface area contributed by atoms with E-state index in [1.807, 2.05) is 41.8 Å². The van der Waals surface area contributed by atoms with E-state index in [0.29, 0.717) is 18.2 Å².